The molecule has 1 N–H and O–H groups in total. The molecule has 0 unspecified atom stereocenters. The first-order valence-electron chi connectivity index (χ1n) is 8.63. The molecule has 0 radical (unpaired) electrons. The summed E-state index contributed by atoms with van der Waals surface area (Å²) in [6.07, 6.45) is 6.99. The number of hydrogen-bond acceptors (Lipinski definition) is 2. The number of carbonyl (C=O) groups excluding carboxylic acids is 2. The van der Waals surface area contributed by atoms with E-state index in [2.05, 4.69) is 5.32 Å². The van der Waals surface area contributed by atoms with Gasteiger partial charge in [-0.2, -0.15) is 0 Å². The first-order chi connectivity index (χ1) is 10.0. The van der Waals surface area contributed by atoms with Crippen molar-refractivity contribution in [2.75, 3.05) is 13.1 Å². The number of piperidine rings is 1. The van der Waals surface area contributed by atoms with Crippen LogP contribution < -0.4 is 5.32 Å². The van der Waals surface area contributed by atoms with Crippen molar-refractivity contribution in [3.8, 4) is 0 Å². The molecule has 0 spiro atoms. The van der Waals surface area contributed by atoms with Gasteiger partial charge in [0.1, 0.15) is 0 Å². The van der Waals surface area contributed by atoms with Crippen molar-refractivity contribution in [3.63, 3.8) is 0 Å². The topological polar surface area (TPSA) is 49.4 Å². The van der Waals surface area contributed by atoms with Crippen LogP contribution in [0.3, 0.4) is 0 Å². The third kappa shape index (κ3) is 3.09. The largest absolute Gasteiger partial charge is 0.351 e. The van der Waals surface area contributed by atoms with Gasteiger partial charge in [-0.25, -0.2) is 0 Å². The molecule has 3 fully saturated rings. The van der Waals surface area contributed by atoms with Gasteiger partial charge in [-0.15, -0.1) is 0 Å². The summed E-state index contributed by atoms with van der Waals surface area (Å²) in [5.41, 5.74) is 0. The van der Waals surface area contributed by atoms with Gasteiger partial charge >= 0.3 is 0 Å². The van der Waals surface area contributed by atoms with E-state index >= 15 is 0 Å². The Kier molecular flexibility index (Phi) is 4.23. The fourth-order valence-corrected chi connectivity index (χ4v) is 4.44. The van der Waals surface area contributed by atoms with Crippen LogP contribution in [0.25, 0.3) is 0 Å². The van der Waals surface area contributed by atoms with E-state index in [1.54, 1.807) is 0 Å². The highest BCUT2D eigenvalue weighted by Crippen LogP contribution is 2.49. The second-order valence-corrected chi connectivity index (χ2v) is 7.57. The van der Waals surface area contributed by atoms with E-state index in [-0.39, 0.29) is 23.8 Å². The minimum Gasteiger partial charge on any atom is -0.351 e. The zero-order chi connectivity index (χ0) is 15.0. The summed E-state index contributed by atoms with van der Waals surface area (Å²) in [5.74, 6) is 2.23. The summed E-state index contributed by atoms with van der Waals surface area (Å²) < 4.78 is 0. The molecule has 3 rings (SSSR count). The molecule has 0 aromatic carbocycles. The molecule has 2 bridgehead atoms. The average molecular weight is 292 g/mol. The lowest BCUT2D eigenvalue weighted by atomic mass is 9.87. The fourth-order valence-electron chi connectivity index (χ4n) is 4.44. The molecular formula is C17H28N2O2. The van der Waals surface area contributed by atoms with Crippen LogP contribution in [0, 0.1) is 23.7 Å². The number of amides is 2. The number of hydrogen-bond donors (Lipinski definition) is 1. The smallest absolute Gasteiger partial charge is 0.226 e. The van der Waals surface area contributed by atoms with Gasteiger partial charge in [0.15, 0.2) is 0 Å². The van der Waals surface area contributed by atoms with Crippen molar-refractivity contribution in [3.05, 3.63) is 0 Å². The lowest BCUT2D eigenvalue weighted by Gasteiger charge is -2.36. The Hall–Kier alpha value is -1.06. The molecule has 1 saturated heterocycles. The summed E-state index contributed by atoms with van der Waals surface area (Å²) in [4.78, 5) is 26.6. The molecule has 1 heterocycles. The molecule has 4 atom stereocenters. The highest BCUT2D eigenvalue weighted by atomic mass is 16.2. The zero-order valence-electron chi connectivity index (χ0n) is 13.3. The molecule has 118 valence electrons. The first kappa shape index (κ1) is 14.9. The van der Waals surface area contributed by atoms with Crippen LogP contribution in [0.2, 0.25) is 0 Å². The molecule has 2 amide bonds. The molecule has 4 nitrogen and oxygen atoms in total. The van der Waals surface area contributed by atoms with Crippen molar-refractivity contribution in [2.45, 2.75) is 58.4 Å². The van der Waals surface area contributed by atoms with Crippen molar-refractivity contribution in [1.29, 1.82) is 0 Å². The van der Waals surface area contributed by atoms with Crippen LogP contribution >= 0.6 is 0 Å². The van der Waals surface area contributed by atoms with E-state index in [9.17, 15) is 9.59 Å². The molecule has 2 aliphatic carbocycles. The van der Waals surface area contributed by atoms with Crippen LogP contribution in [0.5, 0.6) is 0 Å². The van der Waals surface area contributed by atoms with Gasteiger partial charge in [-0.05, 0) is 43.9 Å². The maximum absolute atomic E-state index is 12.8. The summed E-state index contributed by atoms with van der Waals surface area (Å²) in [7, 11) is 0. The number of nitrogens with zero attached hydrogens (tertiary/aromatic N) is 1. The lowest BCUT2D eigenvalue weighted by Crippen LogP contribution is -2.52. The van der Waals surface area contributed by atoms with Gasteiger partial charge in [0.2, 0.25) is 11.8 Å². The zero-order valence-corrected chi connectivity index (χ0v) is 13.3. The summed E-state index contributed by atoms with van der Waals surface area (Å²) in [6.45, 7) is 5.42. The van der Waals surface area contributed by atoms with E-state index in [1.807, 2.05) is 18.7 Å². The molecule has 21 heavy (non-hydrogen) atoms. The van der Waals surface area contributed by atoms with Crippen LogP contribution in [0.4, 0.5) is 0 Å². The van der Waals surface area contributed by atoms with Crippen LogP contribution in [-0.2, 0) is 9.59 Å². The molecular weight excluding hydrogens is 264 g/mol. The number of likely N-dealkylation sites (tertiary alicyclic amines) is 1. The van der Waals surface area contributed by atoms with E-state index in [0.717, 1.165) is 31.7 Å². The van der Waals surface area contributed by atoms with Gasteiger partial charge in [-0.1, -0.05) is 20.3 Å². The van der Waals surface area contributed by atoms with Gasteiger partial charge in [0.25, 0.3) is 0 Å². The van der Waals surface area contributed by atoms with Gasteiger partial charge in [0, 0.05) is 31.0 Å². The summed E-state index contributed by atoms with van der Waals surface area (Å²) in [5, 5.41) is 3.09. The van der Waals surface area contributed by atoms with E-state index in [4.69, 9.17) is 0 Å². The second kappa shape index (κ2) is 5.98. The minimum absolute atomic E-state index is 0.0154. The minimum atomic E-state index is 0.0154. The Morgan fingerprint density at radius 3 is 2.57 bits per heavy atom. The van der Waals surface area contributed by atoms with Gasteiger partial charge in [0.05, 0.1) is 0 Å². The Balaban J connectivity index is 1.56. The Labute approximate surface area is 127 Å². The molecule has 1 aliphatic heterocycles. The quantitative estimate of drug-likeness (QED) is 0.867. The van der Waals surface area contributed by atoms with Crippen LogP contribution in [0.1, 0.15) is 52.4 Å². The second-order valence-electron chi connectivity index (χ2n) is 7.57. The summed E-state index contributed by atoms with van der Waals surface area (Å²) >= 11 is 0. The van der Waals surface area contributed by atoms with Crippen molar-refractivity contribution in [2.24, 2.45) is 23.7 Å². The number of carbonyl (C=O) groups is 2. The van der Waals surface area contributed by atoms with Crippen molar-refractivity contribution >= 4 is 11.8 Å². The maximum atomic E-state index is 12.8. The van der Waals surface area contributed by atoms with Crippen molar-refractivity contribution in [1.82, 2.24) is 10.2 Å². The third-order valence-corrected chi connectivity index (χ3v) is 5.66. The molecule has 3 aliphatic rings. The van der Waals surface area contributed by atoms with E-state index in [1.165, 1.54) is 19.3 Å². The molecule has 0 aromatic heterocycles. The number of rotatable bonds is 3. The Morgan fingerprint density at radius 2 is 1.95 bits per heavy atom. The average Bonchev–Trinajstić information content (AvgIpc) is 3.09. The Morgan fingerprint density at radius 1 is 1.14 bits per heavy atom. The van der Waals surface area contributed by atoms with Gasteiger partial charge in [-0.3, -0.25) is 9.59 Å². The van der Waals surface area contributed by atoms with Crippen LogP contribution in [0.15, 0.2) is 0 Å². The summed E-state index contributed by atoms with van der Waals surface area (Å²) in [6, 6.07) is 0.149. The highest BCUT2D eigenvalue weighted by Gasteiger charge is 2.44. The normalized spacial score (nSPS) is 35.3. The standard InChI is InChI=1S/C17H28N2O2/c1-11(2)16(20)18-14-4-3-7-19(10-14)17(21)15-9-12-5-6-13(15)8-12/h11-15H,3-10H2,1-2H3,(H,18,20)/t12-,13-,14-,15+/m0/s1. The maximum Gasteiger partial charge on any atom is 0.226 e. The highest BCUT2D eigenvalue weighted by molar-refractivity contribution is 5.80. The molecule has 4 heteroatoms. The predicted octanol–water partition coefficient (Wildman–Crippen LogP) is 2.19. The fraction of sp³-hybridized carbons (Fsp3) is 0.882. The molecule has 0 aromatic rings. The van der Waals surface area contributed by atoms with Crippen molar-refractivity contribution < 1.29 is 9.59 Å². The number of fused-ring (bicyclic) bond motifs is 2. The Bertz CT molecular complexity index is 421. The monoisotopic (exact) mass is 292 g/mol. The van der Waals surface area contributed by atoms with Crippen LogP contribution in [-0.4, -0.2) is 35.8 Å². The molecule has 2 saturated carbocycles. The lowest BCUT2D eigenvalue weighted by molar-refractivity contribution is -0.139. The van der Waals surface area contributed by atoms with Gasteiger partial charge < -0.3 is 10.2 Å². The first-order valence-corrected chi connectivity index (χ1v) is 8.63. The van der Waals surface area contributed by atoms with E-state index in [0.29, 0.717) is 18.4 Å². The predicted molar refractivity (Wildman–Crippen MR) is 81.5 cm³/mol. The number of nitrogens with one attached hydrogen (secondary N) is 1. The SMILES string of the molecule is CC(C)C(=O)N[C@H]1CCCN(C(=O)[C@@H]2C[C@H]3CC[C@H]2C3)C1. The van der Waals surface area contributed by atoms with E-state index < -0.39 is 0 Å². The third-order valence-electron chi connectivity index (χ3n) is 5.66.